The summed E-state index contributed by atoms with van der Waals surface area (Å²) < 4.78 is 16.6. The maximum atomic E-state index is 13.4. The van der Waals surface area contributed by atoms with E-state index in [1.165, 1.54) is 0 Å². The van der Waals surface area contributed by atoms with Crippen LogP contribution in [0.4, 0.5) is 5.69 Å². The number of rotatable bonds is 6. The van der Waals surface area contributed by atoms with Crippen molar-refractivity contribution in [3.8, 4) is 17.2 Å². The predicted octanol–water partition coefficient (Wildman–Crippen LogP) is 3.55. The zero-order valence-corrected chi connectivity index (χ0v) is 15.5. The van der Waals surface area contributed by atoms with E-state index >= 15 is 0 Å². The lowest BCUT2D eigenvalue weighted by atomic mass is 9.72. The fourth-order valence-electron chi connectivity index (χ4n) is 3.86. The third-order valence-corrected chi connectivity index (χ3v) is 5.01. The monoisotopic (exact) mass is 353 g/mol. The number of ether oxygens (including phenoxy) is 3. The molecule has 1 aliphatic rings. The van der Waals surface area contributed by atoms with Crippen molar-refractivity contribution in [2.24, 2.45) is 0 Å². The fraction of sp³-hybridized carbons (Fsp3) is 0.286. The third kappa shape index (κ3) is 2.27. The SMILES string of the molecule is C=CC[C@@]1(c2ccc(OC)c(OC)c2OC)C(=O)N(C)c2ccccc21. The van der Waals surface area contributed by atoms with Crippen LogP contribution in [0.15, 0.2) is 49.1 Å². The van der Waals surface area contributed by atoms with E-state index in [1.807, 2.05) is 30.3 Å². The van der Waals surface area contributed by atoms with Crippen LogP contribution in [-0.2, 0) is 10.2 Å². The van der Waals surface area contributed by atoms with Gasteiger partial charge in [-0.15, -0.1) is 6.58 Å². The Morgan fingerprint density at radius 2 is 1.69 bits per heavy atom. The Balaban J connectivity index is 2.38. The van der Waals surface area contributed by atoms with Crippen molar-refractivity contribution in [3.63, 3.8) is 0 Å². The average molecular weight is 353 g/mol. The summed E-state index contributed by atoms with van der Waals surface area (Å²) in [7, 11) is 6.48. The highest BCUT2D eigenvalue weighted by Gasteiger charge is 2.52. The van der Waals surface area contributed by atoms with Crippen molar-refractivity contribution in [1.29, 1.82) is 0 Å². The van der Waals surface area contributed by atoms with Crippen molar-refractivity contribution >= 4 is 11.6 Å². The minimum atomic E-state index is -0.919. The lowest BCUT2D eigenvalue weighted by molar-refractivity contribution is -0.121. The van der Waals surface area contributed by atoms with E-state index in [9.17, 15) is 4.79 Å². The van der Waals surface area contributed by atoms with Gasteiger partial charge in [0.15, 0.2) is 11.5 Å². The highest BCUT2D eigenvalue weighted by atomic mass is 16.5. The lowest BCUT2D eigenvalue weighted by Crippen LogP contribution is -2.39. The molecule has 0 radical (unpaired) electrons. The van der Waals surface area contributed by atoms with E-state index in [4.69, 9.17) is 14.2 Å². The molecule has 1 heterocycles. The predicted molar refractivity (Wildman–Crippen MR) is 102 cm³/mol. The second-order valence-corrected chi connectivity index (χ2v) is 6.16. The topological polar surface area (TPSA) is 48.0 Å². The Morgan fingerprint density at radius 1 is 1.00 bits per heavy atom. The highest BCUT2D eigenvalue weighted by Crippen LogP contribution is 2.53. The molecule has 1 amide bonds. The molecule has 0 bridgehead atoms. The molecule has 136 valence electrons. The first-order chi connectivity index (χ1) is 12.6. The van der Waals surface area contributed by atoms with Crippen molar-refractivity contribution in [2.75, 3.05) is 33.3 Å². The number of nitrogens with zero attached hydrogens (tertiary/aromatic N) is 1. The molecule has 26 heavy (non-hydrogen) atoms. The second kappa shape index (κ2) is 6.75. The summed E-state index contributed by atoms with van der Waals surface area (Å²) in [4.78, 5) is 15.1. The van der Waals surface area contributed by atoms with Crippen molar-refractivity contribution in [3.05, 3.63) is 60.2 Å². The molecule has 2 aromatic carbocycles. The van der Waals surface area contributed by atoms with Gasteiger partial charge in [0.2, 0.25) is 11.7 Å². The molecule has 1 aliphatic heterocycles. The summed E-state index contributed by atoms with van der Waals surface area (Å²) in [6.45, 7) is 3.89. The number of carbonyl (C=O) groups excluding carboxylic acids is 1. The summed E-state index contributed by atoms with van der Waals surface area (Å²) in [5.41, 5.74) is 1.63. The number of para-hydroxylation sites is 1. The maximum Gasteiger partial charge on any atom is 0.242 e. The smallest absolute Gasteiger partial charge is 0.242 e. The quantitative estimate of drug-likeness (QED) is 0.745. The molecule has 3 rings (SSSR count). The van der Waals surface area contributed by atoms with E-state index in [0.29, 0.717) is 23.7 Å². The number of hydrogen-bond acceptors (Lipinski definition) is 4. The molecule has 0 saturated heterocycles. The van der Waals surface area contributed by atoms with Gasteiger partial charge >= 0.3 is 0 Å². The third-order valence-electron chi connectivity index (χ3n) is 5.01. The molecular weight excluding hydrogens is 330 g/mol. The number of hydrogen-bond donors (Lipinski definition) is 0. The van der Waals surface area contributed by atoms with Gasteiger partial charge in [-0.2, -0.15) is 0 Å². The first kappa shape index (κ1) is 17.9. The zero-order chi connectivity index (χ0) is 18.9. The van der Waals surface area contributed by atoms with Gasteiger partial charge in [-0.3, -0.25) is 4.79 Å². The number of benzene rings is 2. The van der Waals surface area contributed by atoms with Crippen LogP contribution in [0.1, 0.15) is 17.5 Å². The van der Waals surface area contributed by atoms with E-state index < -0.39 is 5.41 Å². The number of methoxy groups -OCH3 is 3. The summed E-state index contributed by atoms with van der Waals surface area (Å²) in [6.07, 6.45) is 2.21. The van der Waals surface area contributed by atoms with Crippen molar-refractivity contribution in [2.45, 2.75) is 11.8 Å². The van der Waals surface area contributed by atoms with Crippen LogP contribution in [0.5, 0.6) is 17.2 Å². The largest absolute Gasteiger partial charge is 0.493 e. The maximum absolute atomic E-state index is 13.4. The van der Waals surface area contributed by atoms with E-state index in [2.05, 4.69) is 6.58 Å². The van der Waals surface area contributed by atoms with Crippen LogP contribution in [0, 0.1) is 0 Å². The Kier molecular flexibility index (Phi) is 4.64. The molecule has 5 heteroatoms. The van der Waals surface area contributed by atoms with Crippen molar-refractivity contribution in [1.82, 2.24) is 0 Å². The van der Waals surface area contributed by atoms with Gasteiger partial charge < -0.3 is 19.1 Å². The Morgan fingerprint density at radius 3 is 2.31 bits per heavy atom. The second-order valence-electron chi connectivity index (χ2n) is 6.16. The summed E-state index contributed by atoms with van der Waals surface area (Å²) >= 11 is 0. The van der Waals surface area contributed by atoms with Gasteiger partial charge in [-0.1, -0.05) is 24.3 Å². The van der Waals surface area contributed by atoms with Crippen LogP contribution in [0.2, 0.25) is 0 Å². The first-order valence-corrected chi connectivity index (χ1v) is 8.34. The van der Waals surface area contributed by atoms with E-state index in [-0.39, 0.29) is 5.91 Å². The number of allylic oxidation sites excluding steroid dienone is 1. The van der Waals surface area contributed by atoms with Gasteiger partial charge in [-0.25, -0.2) is 0 Å². The Labute approximate surface area is 153 Å². The van der Waals surface area contributed by atoms with Gasteiger partial charge in [0.25, 0.3) is 0 Å². The molecule has 0 fully saturated rings. The summed E-state index contributed by atoms with van der Waals surface area (Å²) in [6, 6.07) is 11.5. The van der Waals surface area contributed by atoms with Crippen LogP contribution in [0.3, 0.4) is 0 Å². The van der Waals surface area contributed by atoms with E-state index in [0.717, 1.165) is 16.8 Å². The molecule has 0 spiro atoms. The van der Waals surface area contributed by atoms with Crippen molar-refractivity contribution < 1.29 is 19.0 Å². The van der Waals surface area contributed by atoms with Crippen LogP contribution < -0.4 is 19.1 Å². The molecule has 5 nitrogen and oxygen atoms in total. The first-order valence-electron chi connectivity index (χ1n) is 8.34. The fourth-order valence-corrected chi connectivity index (χ4v) is 3.86. The van der Waals surface area contributed by atoms with Crippen LogP contribution in [0.25, 0.3) is 0 Å². The van der Waals surface area contributed by atoms with E-state index in [1.54, 1.807) is 45.4 Å². The number of carbonyl (C=O) groups is 1. The van der Waals surface area contributed by atoms with Gasteiger partial charge in [0.1, 0.15) is 5.41 Å². The minimum Gasteiger partial charge on any atom is -0.493 e. The standard InChI is InChI=1S/C21H23NO4/c1-6-13-21(14-9-7-8-10-16(14)22(2)20(21)23)15-11-12-17(24-3)19(26-5)18(15)25-4/h6-12H,1,13H2,2-5H3/t21-/m1/s1. The molecule has 0 N–H and O–H groups in total. The number of anilines is 1. The molecule has 0 aromatic heterocycles. The summed E-state index contributed by atoms with van der Waals surface area (Å²) in [5, 5.41) is 0. The number of fused-ring (bicyclic) bond motifs is 1. The molecule has 2 aromatic rings. The molecular formula is C21H23NO4. The Bertz CT molecular complexity index is 861. The molecule has 0 unspecified atom stereocenters. The number of likely N-dealkylation sites (N-methyl/N-ethyl adjacent to an activating group) is 1. The van der Waals surface area contributed by atoms with Gasteiger partial charge in [-0.05, 0) is 30.2 Å². The summed E-state index contributed by atoms with van der Waals surface area (Å²) in [5.74, 6) is 1.49. The minimum absolute atomic E-state index is 0.0240. The molecule has 0 aliphatic carbocycles. The van der Waals surface area contributed by atoms with Gasteiger partial charge in [0.05, 0.1) is 21.3 Å². The normalized spacial score (nSPS) is 18.5. The zero-order valence-electron chi connectivity index (χ0n) is 15.5. The Hall–Kier alpha value is -2.95. The molecule has 0 saturated carbocycles. The highest BCUT2D eigenvalue weighted by molar-refractivity contribution is 6.10. The average Bonchev–Trinajstić information content (AvgIpc) is 2.89. The van der Waals surface area contributed by atoms with Crippen LogP contribution in [-0.4, -0.2) is 34.3 Å². The molecule has 1 atom stereocenters. The number of amides is 1. The lowest BCUT2D eigenvalue weighted by Gasteiger charge is -2.30. The van der Waals surface area contributed by atoms with Gasteiger partial charge in [0, 0.05) is 18.3 Å². The van der Waals surface area contributed by atoms with Crippen LogP contribution >= 0.6 is 0 Å².